The highest BCUT2D eigenvalue weighted by Crippen LogP contribution is 2.31. The third-order valence-corrected chi connectivity index (χ3v) is 3.73. The van der Waals surface area contributed by atoms with Crippen molar-refractivity contribution in [2.75, 3.05) is 7.11 Å². The molecule has 106 valence electrons. The number of rotatable bonds is 3. The number of aromatic nitrogens is 1. The number of ether oxygens (including phenoxy) is 1. The molecule has 0 aliphatic heterocycles. The van der Waals surface area contributed by atoms with Crippen LogP contribution in [-0.4, -0.2) is 17.2 Å². The molecule has 1 N–H and O–H groups in total. The highest BCUT2D eigenvalue weighted by molar-refractivity contribution is 6.32. The highest BCUT2D eigenvalue weighted by Gasteiger charge is 2.13. The summed E-state index contributed by atoms with van der Waals surface area (Å²) in [5, 5.41) is 12.0. The summed E-state index contributed by atoms with van der Waals surface area (Å²) < 4.78 is 5.12. The summed E-state index contributed by atoms with van der Waals surface area (Å²) in [5.74, 6) is 0.593. The molecule has 1 atom stereocenters. The molecule has 0 aliphatic carbocycles. The number of halogens is 1. The van der Waals surface area contributed by atoms with Crippen LogP contribution in [0.1, 0.15) is 17.2 Å². The van der Waals surface area contributed by atoms with Gasteiger partial charge in [-0.25, -0.2) is 0 Å². The normalized spacial score (nSPS) is 12.3. The van der Waals surface area contributed by atoms with Crippen molar-refractivity contribution in [2.45, 2.75) is 6.10 Å². The molecule has 4 heteroatoms. The van der Waals surface area contributed by atoms with Gasteiger partial charge in [-0.2, -0.15) is 0 Å². The molecule has 0 saturated heterocycles. The van der Waals surface area contributed by atoms with Gasteiger partial charge in [0, 0.05) is 11.6 Å². The van der Waals surface area contributed by atoms with Crippen LogP contribution in [0.25, 0.3) is 10.9 Å². The summed E-state index contributed by atoms with van der Waals surface area (Å²) >= 11 is 6.11. The number of hydrogen-bond donors (Lipinski definition) is 1. The van der Waals surface area contributed by atoms with E-state index in [1.165, 1.54) is 0 Å². The molecule has 3 nitrogen and oxygen atoms in total. The molecule has 0 fully saturated rings. The van der Waals surface area contributed by atoms with Crippen LogP contribution < -0.4 is 4.74 Å². The van der Waals surface area contributed by atoms with Crippen molar-refractivity contribution in [3.63, 3.8) is 0 Å². The maximum absolute atomic E-state index is 10.5. The number of benzene rings is 2. The lowest BCUT2D eigenvalue weighted by Crippen LogP contribution is -2.00. The Morgan fingerprint density at radius 3 is 2.62 bits per heavy atom. The number of pyridine rings is 1. The van der Waals surface area contributed by atoms with E-state index in [1.54, 1.807) is 25.4 Å². The van der Waals surface area contributed by atoms with Crippen LogP contribution in [0.5, 0.6) is 5.75 Å². The predicted octanol–water partition coefficient (Wildman–Crippen LogP) is 3.98. The van der Waals surface area contributed by atoms with Gasteiger partial charge in [0.1, 0.15) is 11.9 Å². The molecule has 3 rings (SSSR count). The molecule has 0 bridgehead atoms. The largest absolute Gasteiger partial charge is 0.495 e. The number of aliphatic hydroxyl groups excluding tert-OH is 1. The fourth-order valence-electron chi connectivity index (χ4n) is 2.31. The fourth-order valence-corrected chi connectivity index (χ4v) is 2.58. The van der Waals surface area contributed by atoms with Crippen molar-refractivity contribution in [2.24, 2.45) is 0 Å². The van der Waals surface area contributed by atoms with Crippen LogP contribution in [-0.2, 0) is 0 Å². The molecule has 1 heterocycles. The van der Waals surface area contributed by atoms with E-state index in [2.05, 4.69) is 4.98 Å². The van der Waals surface area contributed by atoms with Crippen LogP contribution in [0.4, 0.5) is 0 Å². The average molecular weight is 300 g/mol. The molecule has 0 spiro atoms. The van der Waals surface area contributed by atoms with Crippen LogP contribution in [0, 0.1) is 0 Å². The SMILES string of the molecule is COc1ccc(C(O)c2ccc3ncccc3c2)cc1Cl. The Bertz CT molecular complexity index is 789. The molecule has 3 aromatic rings. The number of nitrogens with zero attached hydrogens (tertiary/aromatic N) is 1. The smallest absolute Gasteiger partial charge is 0.137 e. The van der Waals surface area contributed by atoms with E-state index in [0.717, 1.165) is 22.0 Å². The van der Waals surface area contributed by atoms with Gasteiger partial charge in [0.05, 0.1) is 17.6 Å². The Morgan fingerprint density at radius 2 is 1.86 bits per heavy atom. The third-order valence-electron chi connectivity index (χ3n) is 3.43. The fraction of sp³-hybridized carbons (Fsp3) is 0.118. The van der Waals surface area contributed by atoms with Crippen LogP contribution in [0.3, 0.4) is 0 Å². The molecular formula is C17H14ClNO2. The van der Waals surface area contributed by atoms with E-state index in [1.807, 2.05) is 36.4 Å². The topological polar surface area (TPSA) is 42.4 Å². The zero-order valence-electron chi connectivity index (χ0n) is 11.5. The monoisotopic (exact) mass is 299 g/mol. The molecule has 1 unspecified atom stereocenters. The van der Waals surface area contributed by atoms with E-state index >= 15 is 0 Å². The van der Waals surface area contributed by atoms with E-state index in [9.17, 15) is 5.11 Å². The number of hydrogen-bond acceptors (Lipinski definition) is 3. The average Bonchev–Trinajstić information content (AvgIpc) is 2.53. The first-order valence-corrected chi connectivity index (χ1v) is 6.93. The zero-order chi connectivity index (χ0) is 14.8. The summed E-state index contributed by atoms with van der Waals surface area (Å²) in [5.41, 5.74) is 2.43. The minimum atomic E-state index is -0.738. The third kappa shape index (κ3) is 2.71. The quantitative estimate of drug-likeness (QED) is 0.795. The van der Waals surface area contributed by atoms with Gasteiger partial charge in [-0.3, -0.25) is 4.98 Å². The summed E-state index contributed by atoms with van der Waals surface area (Å²) in [4.78, 5) is 4.27. The second kappa shape index (κ2) is 5.72. The van der Waals surface area contributed by atoms with Gasteiger partial charge in [0.2, 0.25) is 0 Å². The Hall–Kier alpha value is -2.10. The van der Waals surface area contributed by atoms with Crippen molar-refractivity contribution < 1.29 is 9.84 Å². The van der Waals surface area contributed by atoms with Crippen molar-refractivity contribution in [3.8, 4) is 5.75 Å². The van der Waals surface area contributed by atoms with Gasteiger partial charge in [-0.05, 0) is 41.5 Å². The van der Waals surface area contributed by atoms with E-state index in [4.69, 9.17) is 16.3 Å². The summed E-state index contributed by atoms with van der Waals surface area (Å²) in [6.45, 7) is 0. The number of methoxy groups -OCH3 is 1. The molecule has 0 saturated carbocycles. The maximum Gasteiger partial charge on any atom is 0.137 e. The Balaban J connectivity index is 1.99. The van der Waals surface area contributed by atoms with E-state index in [0.29, 0.717) is 10.8 Å². The molecule has 0 aliphatic rings. The summed E-state index contributed by atoms with van der Waals surface area (Å²) in [6, 6.07) is 14.8. The Kier molecular flexibility index (Phi) is 3.78. The maximum atomic E-state index is 10.5. The van der Waals surface area contributed by atoms with Crippen molar-refractivity contribution in [3.05, 3.63) is 70.9 Å². The van der Waals surface area contributed by atoms with Crippen LogP contribution >= 0.6 is 11.6 Å². The standard InChI is InChI=1S/C17H14ClNO2/c1-21-16-7-5-13(10-14(16)18)17(20)12-4-6-15-11(9-12)3-2-8-19-15/h2-10,17,20H,1H3. The molecule has 1 aromatic heterocycles. The number of fused-ring (bicyclic) bond motifs is 1. The molecule has 0 amide bonds. The van der Waals surface area contributed by atoms with Crippen molar-refractivity contribution >= 4 is 22.5 Å². The van der Waals surface area contributed by atoms with E-state index < -0.39 is 6.10 Å². The van der Waals surface area contributed by atoms with Gasteiger partial charge in [0.15, 0.2) is 0 Å². The van der Waals surface area contributed by atoms with Crippen LogP contribution in [0.2, 0.25) is 5.02 Å². The second-order valence-corrected chi connectivity index (χ2v) is 5.16. The van der Waals surface area contributed by atoms with Gasteiger partial charge >= 0.3 is 0 Å². The van der Waals surface area contributed by atoms with E-state index in [-0.39, 0.29) is 0 Å². The van der Waals surface area contributed by atoms with Crippen molar-refractivity contribution in [1.29, 1.82) is 0 Å². The van der Waals surface area contributed by atoms with Gasteiger partial charge in [-0.15, -0.1) is 0 Å². The minimum absolute atomic E-state index is 0.483. The van der Waals surface area contributed by atoms with Gasteiger partial charge < -0.3 is 9.84 Å². The second-order valence-electron chi connectivity index (χ2n) is 4.75. The lowest BCUT2D eigenvalue weighted by Gasteiger charge is -2.13. The minimum Gasteiger partial charge on any atom is -0.495 e. The summed E-state index contributed by atoms with van der Waals surface area (Å²) in [6.07, 6.45) is 1.01. The Morgan fingerprint density at radius 1 is 1.10 bits per heavy atom. The first-order valence-electron chi connectivity index (χ1n) is 6.55. The number of aliphatic hydroxyl groups is 1. The predicted molar refractivity (Wildman–Crippen MR) is 83.8 cm³/mol. The summed E-state index contributed by atoms with van der Waals surface area (Å²) in [7, 11) is 1.56. The molecule has 2 aromatic carbocycles. The van der Waals surface area contributed by atoms with Crippen molar-refractivity contribution in [1.82, 2.24) is 4.98 Å². The lowest BCUT2D eigenvalue weighted by molar-refractivity contribution is 0.220. The molecule has 0 radical (unpaired) electrons. The van der Waals surface area contributed by atoms with Gasteiger partial charge in [-0.1, -0.05) is 29.8 Å². The zero-order valence-corrected chi connectivity index (χ0v) is 12.2. The molecular weight excluding hydrogens is 286 g/mol. The first kappa shape index (κ1) is 13.9. The van der Waals surface area contributed by atoms with Gasteiger partial charge in [0.25, 0.3) is 0 Å². The molecule has 21 heavy (non-hydrogen) atoms. The highest BCUT2D eigenvalue weighted by atomic mass is 35.5. The Labute approximate surface area is 127 Å². The first-order chi connectivity index (χ1) is 10.2. The lowest BCUT2D eigenvalue weighted by atomic mass is 10.00. The van der Waals surface area contributed by atoms with Crippen LogP contribution in [0.15, 0.2) is 54.7 Å².